The summed E-state index contributed by atoms with van der Waals surface area (Å²) in [5.74, 6) is 7.45. The molecule has 0 heterocycles. The molecule has 4 aromatic rings. The summed E-state index contributed by atoms with van der Waals surface area (Å²) < 4.78 is 5.22. The normalized spacial score (nSPS) is 10.4. The average Bonchev–Trinajstić information content (AvgIpc) is 2.78. The number of aryl methyl sites for hydroxylation is 1. The van der Waals surface area contributed by atoms with Gasteiger partial charge in [-0.05, 0) is 70.3 Å². The molecule has 0 amide bonds. The monoisotopic (exact) mass is 376 g/mol. The van der Waals surface area contributed by atoms with E-state index in [1.165, 1.54) is 33.9 Å². The van der Waals surface area contributed by atoms with E-state index < -0.39 is 0 Å². The maximum atomic E-state index is 5.22. The van der Waals surface area contributed by atoms with Crippen molar-refractivity contribution in [3.63, 3.8) is 0 Å². The highest BCUT2D eigenvalue weighted by atomic mass is 16.5. The zero-order valence-corrected chi connectivity index (χ0v) is 16.9. The van der Waals surface area contributed by atoms with Gasteiger partial charge in [0.15, 0.2) is 0 Å². The summed E-state index contributed by atoms with van der Waals surface area (Å²) in [4.78, 5) is 0. The Labute approximate surface area is 173 Å². The molecule has 0 fully saturated rings. The first-order chi connectivity index (χ1) is 14.2. The summed E-state index contributed by atoms with van der Waals surface area (Å²) in [5, 5.41) is 2.52. The predicted octanol–water partition coefficient (Wildman–Crippen LogP) is 6.87. The quantitative estimate of drug-likeness (QED) is 0.353. The molecule has 29 heavy (non-hydrogen) atoms. The van der Waals surface area contributed by atoms with Crippen LogP contribution in [0, 0.1) is 11.8 Å². The molecule has 0 aliphatic carbocycles. The summed E-state index contributed by atoms with van der Waals surface area (Å²) in [7, 11) is 1.68. The second-order valence-corrected chi connectivity index (χ2v) is 7.20. The van der Waals surface area contributed by atoms with Crippen LogP contribution in [0.5, 0.6) is 5.75 Å². The second kappa shape index (κ2) is 8.67. The average molecular weight is 376 g/mol. The maximum absolute atomic E-state index is 5.22. The number of hydrogen-bond donors (Lipinski definition) is 0. The fourth-order valence-corrected chi connectivity index (χ4v) is 3.49. The van der Waals surface area contributed by atoms with Crippen LogP contribution in [0.25, 0.3) is 21.9 Å². The highest BCUT2D eigenvalue weighted by Crippen LogP contribution is 2.23. The standard InChI is InChI=1S/C28H24O/c1-3-4-22-9-13-27-20-23(10-14-26(27)19-22)6-5-21-7-11-24(12-8-21)25-15-17-28(29-2)18-16-25/h7-20H,3-4H2,1-2H3. The summed E-state index contributed by atoms with van der Waals surface area (Å²) in [6.45, 7) is 2.21. The van der Waals surface area contributed by atoms with Gasteiger partial charge in [0.1, 0.15) is 5.75 Å². The molecule has 142 valence electrons. The Kier molecular flexibility index (Phi) is 5.63. The summed E-state index contributed by atoms with van der Waals surface area (Å²) in [5.41, 5.74) is 5.80. The van der Waals surface area contributed by atoms with Gasteiger partial charge in [-0.25, -0.2) is 0 Å². The minimum atomic E-state index is 0.869. The van der Waals surface area contributed by atoms with Crippen molar-refractivity contribution in [1.82, 2.24) is 0 Å². The van der Waals surface area contributed by atoms with E-state index in [9.17, 15) is 0 Å². The Bertz CT molecular complexity index is 1170. The molecule has 0 bridgehead atoms. The number of methoxy groups -OCH3 is 1. The molecule has 0 atom stereocenters. The molecular formula is C28H24O. The first kappa shape index (κ1) is 18.8. The Balaban J connectivity index is 1.52. The number of benzene rings is 4. The van der Waals surface area contributed by atoms with E-state index in [1.54, 1.807) is 7.11 Å². The van der Waals surface area contributed by atoms with Crippen LogP contribution in [0.2, 0.25) is 0 Å². The van der Waals surface area contributed by atoms with Gasteiger partial charge >= 0.3 is 0 Å². The van der Waals surface area contributed by atoms with Crippen LogP contribution in [-0.4, -0.2) is 7.11 Å². The molecule has 0 radical (unpaired) electrons. The van der Waals surface area contributed by atoms with Crippen LogP contribution in [0.1, 0.15) is 30.0 Å². The van der Waals surface area contributed by atoms with Crippen molar-refractivity contribution in [1.29, 1.82) is 0 Å². The molecule has 4 rings (SSSR count). The minimum absolute atomic E-state index is 0.869. The van der Waals surface area contributed by atoms with Gasteiger partial charge in [0.05, 0.1) is 7.11 Å². The largest absolute Gasteiger partial charge is 0.497 e. The molecule has 4 aromatic carbocycles. The molecule has 0 N–H and O–H groups in total. The van der Waals surface area contributed by atoms with Gasteiger partial charge in [0, 0.05) is 11.1 Å². The fraction of sp³-hybridized carbons (Fsp3) is 0.143. The first-order valence-corrected chi connectivity index (χ1v) is 10.0. The van der Waals surface area contributed by atoms with Gasteiger partial charge in [-0.1, -0.05) is 73.7 Å². The lowest BCUT2D eigenvalue weighted by Crippen LogP contribution is -1.84. The molecule has 0 saturated carbocycles. The van der Waals surface area contributed by atoms with E-state index in [-0.39, 0.29) is 0 Å². The Morgan fingerprint density at radius 1 is 0.655 bits per heavy atom. The van der Waals surface area contributed by atoms with Crippen LogP contribution < -0.4 is 4.74 Å². The molecule has 0 unspecified atom stereocenters. The predicted molar refractivity (Wildman–Crippen MR) is 122 cm³/mol. The maximum Gasteiger partial charge on any atom is 0.118 e. The lowest BCUT2D eigenvalue weighted by molar-refractivity contribution is 0.415. The molecular weight excluding hydrogens is 352 g/mol. The smallest absolute Gasteiger partial charge is 0.118 e. The fourth-order valence-electron chi connectivity index (χ4n) is 3.49. The lowest BCUT2D eigenvalue weighted by Gasteiger charge is -2.04. The number of rotatable bonds is 4. The van der Waals surface area contributed by atoms with Gasteiger partial charge < -0.3 is 4.74 Å². The second-order valence-electron chi connectivity index (χ2n) is 7.20. The van der Waals surface area contributed by atoms with Crippen LogP contribution in [0.3, 0.4) is 0 Å². The van der Waals surface area contributed by atoms with Crippen molar-refractivity contribution in [2.45, 2.75) is 19.8 Å². The Morgan fingerprint density at radius 2 is 1.24 bits per heavy atom. The Hall–Kier alpha value is -3.50. The molecule has 1 nitrogen and oxygen atoms in total. The van der Waals surface area contributed by atoms with Gasteiger partial charge in [0.25, 0.3) is 0 Å². The molecule has 0 saturated heterocycles. The van der Waals surface area contributed by atoms with Crippen molar-refractivity contribution >= 4 is 10.8 Å². The molecule has 0 spiro atoms. The van der Waals surface area contributed by atoms with Gasteiger partial charge in [-0.3, -0.25) is 0 Å². The van der Waals surface area contributed by atoms with E-state index in [4.69, 9.17) is 4.74 Å². The van der Waals surface area contributed by atoms with Crippen molar-refractivity contribution < 1.29 is 4.74 Å². The SMILES string of the molecule is CCCc1ccc2cc(C#Cc3ccc(-c4ccc(OC)cc4)cc3)ccc2c1. The number of hydrogen-bond acceptors (Lipinski definition) is 1. The van der Waals surface area contributed by atoms with E-state index in [0.29, 0.717) is 0 Å². The Morgan fingerprint density at radius 3 is 1.93 bits per heavy atom. The van der Waals surface area contributed by atoms with Gasteiger partial charge in [-0.2, -0.15) is 0 Å². The molecule has 0 aliphatic rings. The molecule has 0 aliphatic heterocycles. The van der Waals surface area contributed by atoms with E-state index in [2.05, 4.69) is 91.6 Å². The topological polar surface area (TPSA) is 9.23 Å². The lowest BCUT2D eigenvalue weighted by atomic mass is 10.0. The van der Waals surface area contributed by atoms with Crippen LogP contribution >= 0.6 is 0 Å². The van der Waals surface area contributed by atoms with Crippen LogP contribution in [-0.2, 0) is 6.42 Å². The minimum Gasteiger partial charge on any atom is -0.497 e. The van der Waals surface area contributed by atoms with Crippen LogP contribution in [0.15, 0.2) is 84.9 Å². The summed E-state index contributed by atoms with van der Waals surface area (Å²) in [6.07, 6.45) is 2.30. The van der Waals surface area contributed by atoms with E-state index in [0.717, 1.165) is 23.3 Å². The van der Waals surface area contributed by atoms with Crippen molar-refractivity contribution in [2.24, 2.45) is 0 Å². The third kappa shape index (κ3) is 4.50. The molecule has 1 heteroatoms. The molecule has 0 aromatic heterocycles. The van der Waals surface area contributed by atoms with Crippen molar-refractivity contribution in [3.8, 4) is 28.7 Å². The third-order valence-electron chi connectivity index (χ3n) is 5.10. The summed E-state index contributed by atoms with van der Waals surface area (Å²) in [6, 6.07) is 29.6. The first-order valence-electron chi connectivity index (χ1n) is 10.0. The van der Waals surface area contributed by atoms with Gasteiger partial charge in [0.2, 0.25) is 0 Å². The zero-order valence-electron chi connectivity index (χ0n) is 16.9. The number of ether oxygens (including phenoxy) is 1. The summed E-state index contributed by atoms with van der Waals surface area (Å²) >= 11 is 0. The van der Waals surface area contributed by atoms with Crippen LogP contribution in [0.4, 0.5) is 0 Å². The van der Waals surface area contributed by atoms with Crippen molar-refractivity contribution in [2.75, 3.05) is 7.11 Å². The number of fused-ring (bicyclic) bond motifs is 1. The zero-order chi connectivity index (χ0) is 20.1. The van der Waals surface area contributed by atoms with E-state index >= 15 is 0 Å². The highest BCUT2D eigenvalue weighted by molar-refractivity contribution is 5.84. The van der Waals surface area contributed by atoms with E-state index in [1.807, 2.05) is 12.1 Å². The van der Waals surface area contributed by atoms with Gasteiger partial charge in [-0.15, -0.1) is 0 Å². The van der Waals surface area contributed by atoms with Crippen molar-refractivity contribution in [3.05, 3.63) is 102 Å². The highest BCUT2D eigenvalue weighted by Gasteiger charge is 1.99. The third-order valence-corrected chi connectivity index (χ3v) is 5.10.